The van der Waals surface area contributed by atoms with E-state index in [9.17, 15) is 9.59 Å². The lowest BCUT2D eigenvalue weighted by Gasteiger charge is -2.26. The number of carbonyl (C=O) groups excluding carboxylic acids is 2. The third-order valence-corrected chi connectivity index (χ3v) is 4.38. The van der Waals surface area contributed by atoms with Crippen LogP contribution in [0.2, 0.25) is 0 Å². The van der Waals surface area contributed by atoms with Crippen LogP contribution in [0.25, 0.3) is 0 Å². The van der Waals surface area contributed by atoms with Gasteiger partial charge in [-0.05, 0) is 30.4 Å². The van der Waals surface area contributed by atoms with Gasteiger partial charge in [-0.1, -0.05) is 54.6 Å². The second-order valence-corrected chi connectivity index (χ2v) is 6.00. The van der Waals surface area contributed by atoms with Gasteiger partial charge in [0.15, 0.2) is 5.78 Å². The standard InChI is InChI=1S/C20H21NO2/c22-19(16-8-2-1-3-9-16)13-14-20(23)21-18-12-6-10-15-7-4-5-11-17(15)18/h1-5,7-9,11,18H,6,10,12-14H2,(H,21,23)/t18-/m0/s1. The molecular formula is C20H21NO2. The molecule has 0 unspecified atom stereocenters. The van der Waals surface area contributed by atoms with Gasteiger partial charge >= 0.3 is 0 Å². The predicted octanol–water partition coefficient (Wildman–Crippen LogP) is 3.84. The van der Waals surface area contributed by atoms with E-state index < -0.39 is 0 Å². The molecule has 0 aliphatic heterocycles. The minimum absolute atomic E-state index is 0.0183. The first-order valence-electron chi connectivity index (χ1n) is 8.19. The van der Waals surface area contributed by atoms with Crippen molar-refractivity contribution in [1.82, 2.24) is 5.32 Å². The summed E-state index contributed by atoms with van der Waals surface area (Å²) in [7, 11) is 0. The fraction of sp³-hybridized carbons (Fsp3) is 0.300. The van der Waals surface area contributed by atoms with Crippen molar-refractivity contribution in [2.24, 2.45) is 0 Å². The Morgan fingerprint density at radius 3 is 2.52 bits per heavy atom. The summed E-state index contributed by atoms with van der Waals surface area (Å²) in [5.41, 5.74) is 3.22. The second kappa shape index (κ2) is 7.23. The van der Waals surface area contributed by atoms with Gasteiger partial charge in [0.25, 0.3) is 0 Å². The molecule has 3 rings (SSSR count). The number of hydrogen-bond donors (Lipinski definition) is 1. The molecule has 0 fully saturated rings. The lowest BCUT2D eigenvalue weighted by molar-refractivity contribution is -0.121. The Morgan fingerprint density at radius 1 is 0.957 bits per heavy atom. The number of Topliss-reactive ketones (excluding diaryl/α,β-unsaturated/α-hetero) is 1. The third-order valence-electron chi connectivity index (χ3n) is 4.38. The molecule has 1 atom stereocenters. The summed E-state index contributed by atoms with van der Waals surface area (Å²) in [6, 6.07) is 17.5. The van der Waals surface area contributed by atoms with E-state index in [4.69, 9.17) is 0 Å². The van der Waals surface area contributed by atoms with Crippen LogP contribution in [0, 0.1) is 0 Å². The average Bonchev–Trinajstić information content (AvgIpc) is 2.61. The SMILES string of the molecule is O=C(CCC(=O)c1ccccc1)N[C@H]1CCCc2ccccc21. The molecule has 2 aromatic rings. The molecule has 2 aromatic carbocycles. The highest BCUT2D eigenvalue weighted by molar-refractivity contribution is 5.97. The van der Waals surface area contributed by atoms with Crippen molar-refractivity contribution < 1.29 is 9.59 Å². The van der Waals surface area contributed by atoms with E-state index in [1.165, 1.54) is 11.1 Å². The molecular weight excluding hydrogens is 286 g/mol. The lowest BCUT2D eigenvalue weighted by atomic mass is 9.87. The van der Waals surface area contributed by atoms with Crippen molar-refractivity contribution in [2.75, 3.05) is 0 Å². The van der Waals surface area contributed by atoms with E-state index in [2.05, 4.69) is 17.4 Å². The Labute approximate surface area is 136 Å². The zero-order valence-electron chi connectivity index (χ0n) is 13.1. The lowest BCUT2D eigenvalue weighted by Crippen LogP contribution is -2.31. The first-order chi connectivity index (χ1) is 11.2. The van der Waals surface area contributed by atoms with Crippen LogP contribution in [0.4, 0.5) is 0 Å². The van der Waals surface area contributed by atoms with Crippen molar-refractivity contribution in [2.45, 2.75) is 38.1 Å². The van der Waals surface area contributed by atoms with Crippen molar-refractivity contribution >= 4 is 11.7 Å². The van der Waals surface area contributed by atoms with Gasteiger partial charge < -0.3 is 5.32 Å². The van der Waals surface area contributed by atoms with Gasteiger partial charge in [-0.15, -0.1) is 0 Å². The molecule has 0 radical (unpaired) electrons. The molecule has 3 heteroatoms. The molecule has 0 bridgehead atoms. The topological polar surface area (TPSA) is 46.2 Å². The number of nitrogens with one attached hydrogen (secondary N) is 1. The highest BCUT2D eigenvalue weighted by Crippen LogP contribution is 2.29. The van der Waals surface area contributed by atoms with E-state index in [0.29, 0.717) is 5.56 Å². The molecule has 118 valence electrons. The zero-order valence-corrected chi connectivity index (χ0v) is 13.1. The second-order valence-electron chi connectivity index (χ2n) is 6.00. The van der Waals surface area contributed by atoms with Gasteiger partial charge in [0.05, 0.1) is 6.04 Å². The number of fused-ring (bicyclic) bond motifs is 1. The Hall–Kier alpha value is -2.42. The summed E-state index contributed by atoms with van der Waals surface area (Å²) in [4.78, 5) is 24.3. The molecule has 0 heterocycles. The Balaban J connectivity index is 1.55. The molecule has 0 saturated carbocycles. The Bertz CT molecular complexity index is 694. The smallest absolute Gasteiger partial charge is 0.220 e. The quantitative estimate of drug-likeness (QED) is 0.853. The molecule has 0 saturated heterocycles. The van der Waals surface area contributed by atoms with Gasteiger partial charge in [-0.25, -0.2) is 0 Å². The highest BCUT2D eigenvalue weighted by Gasteiger charge is 2.21. The average molecular weight is 307 g/mol. The highest BCUT2D eigenvalue weighted by atomic mass is 16.2. The molecule has 3 nitrogen and oxygen atoms in total. The van der Waals surface area contributed by atoms with Gasteiger partial charge in [0.2, 0.25) is 5.91 Å². The van der Waals surface area contributed by atoms with E-state index in [1.54, 1.807) is 12.1 Å². The molecule has 1 aliphatic rings. The minimum Gasteiger partial charge on any atom is -0.349 e. The number of rotatable bonds is 5. The molecule has 23 heavy (non-hydrogen) atoms. The van der Waals surface area contributed by atoms with Gasteiger partial charge in [-0.2, -0.15) is 0 Å². The summed E-state index contributed by atoms with van der Waals surface area (Å²) < 4.78 is 0. The fourth-order valence-electron chi connectivity index (χ4n) is 3.17. The van der Waals surface area contributed by atoms with E-state index in [0.717, 1.165) is 19.3 Å². The van der Waals surface area contributed by atoms with Gasteiger partial charge in [0, 0.05) is 18.4 Å². The van der Waals surface area contributed by atoms with Crippen LogP contribution < -0.4 is 5.32 Å². The first-order valence-corrected chi connectivity index (χ1v) is 8.19. The monoisotopic (exact) mass is 307 g/mol. The predicted molar refractivity (Wildman–Crippen MR) is 90.3 cm³/mol. The molecule has 0 spiro atoms. The summed E-state index contributed by atoms with van der Waals surface area (Å²) in [6.45, 7) is 0. The molecule has 1 N–H and O–H groups in total. The molecule has 0 aromatic heterocycles. The van der Waals surface area contributed by atoms with Crippen LogP contribution in [0.15, 0.2) is 54.6 Å². The largest absolute Gasteiger partial charge is 0.349 e. The van der Waals surface area contributed by atoms with Crippen LogP contribution in [-0.4, -0.2) is 11.7 Å². The van der Waals surface area contributed by atoms with Crippen LogP contribution in [0.3, 0.4) is 0 Å². The van der Waals surface area contributed by atoms with Crippen LogP contribution in [0.1, 0.15) is 53.2 Å². The van der Waals surface area contributed by atoms with Crippen LogP contribution in [-0.2, 0) is 11.2 Å². The van der Waals surface area contributed by atoms with Crippen molar-refractivity contribution in [3.05, 3.63) is 71.3 Å². The number of amides is 1. The van der Waals surface area contributed by atoms with Crippen molar-refractivity contribution in [3.8, 4) is 0 Å². The fourth-order valence-corrected chi connectivity index (χ4v) is 3.17. The summed E-state index contributed by atoms with van der Waals surface area (Å²) in [6.07, 6.45) is 3.63. The number of ketones is 1. The molecule has 1 aliphatic carbocycles. The van der Waals surface area contributed by atoms with E-state index in [-0.39, 0.29) is 30.6 Å². The van der Waals surface area contributed by atoms with Crippen molar-refractivity contribution in [1.29, 1.82) is 0 Å². The van der Waals surface area contributed by atoms with Gasteiger partial charge in [-0.3, -0.25) is 9.59 Å². The number of benzene rings is 2. The Kier molecular flexibility index (Phi) is 4.86. The van der Waals surface area contributed by atoms with Crippen molar-refractivity contribution in [3.63, 3.8) is 0 Å². The summed E-state index contributed by atoms with van der Waals surface area (Å²) in [5.74, 6) is -0.0271. The normalized spacial score (nSPS) is 16.4. The number of carbonyl (C=O) groups is 2. The van der Waals surface area contributed by atoms with E-state index >= 15 is 0 Å². The van der Waals surface area contributed by atoms with E-state index in [1.807, 2.05) is 30.3 Å². The van der Waals surface area contributed by atoms with Crippen LogP contribution >= 0.6 is 0 Å². The third kappa shape index (κ3) is 3.86. The molecule has 1 amide bonds. The maximum atomic E-state index is 12.2. The zero-order chi connectivity index (χ0) is 16.1. The summed E-state index contributed by atoms with van der Waals surface area (Å²) >= 11 is 0. The Morgan fingerprint density at radius 2 is 1.70 bits per heavy atom. The maximum absolute atomic E-state index is 12.2. The van der Waals surface area contributed by atoms with Crippen LogP contribution in [0.5, 0.6) is 0 Å². The minimum atomic E-state index is -0.0454. The number of hydrogen-bond acceptors (Lipinski definition) is 2. The first kappa shape index (κ1) is 15.5. The summed E-state index contributed by atoms with van der Waals surface area (Å²) in [5, 5.41) is 3.09. The number of aryl methyl sites for hydroxylation is 1. The van der Waals surface area contributed by atoms with Gasteiger partial charge in [0.1, 0.15) is 0 Å². The maximum Gasteiger partial charge on any atom is 0.220 e.